The van der Waals surface area contributed by atoms with Crippen LogP contribution >= 0.6 is 11.5 Å². The molecule has 1 aromatic rings. The number of amides is 1. The van der Waals surface area contributed by atoms with Gasteiger partial charge in [-0.1, -0.05) is 13.8 Å². The van der Waals surface area contributed by atoms with Crippen molar-refractivity contribution >= 4 is 28.3 Å². The normalized spacial score (nSPS) is 11.1. The molecular weight excluding hydrogens is 286 g/mol. The Morgan fingerprint density at radius 2 is 2.10 bits per heavy atom. The third-order valence-corrected chi connectivity index (χ3v) is 3.88. The van der Waals surface area contributed by atoms with Crippen LogP contribution in [0.4, 0.5) is 10.8 Å². The van der Waals surface area contributed by atoms with Gasteiger partial charge in [-0.25, -0.2) is 0 Å². The summed E-state index contributed by atoms with van der Waals surface area (Å²) in [5, 5.41) is 6.89. The van der Waals surface area contributed by atoms with Gasteiger partial charge in [0.2, 0.25) is 0 Å². The summed E-state index contributed by atoms with van der Waals surface area (Å²) in [4.78, 5) is 14.5. The predicted octanol–water partition coefficient (Wildman–Crippen LogP) is 2.01. The van der Waals surface area contributed by atoms with E-state index in [-0.39, 0.29) is 11.9 Å². The second kappa shape index (κ2) is 8.84. The lowest BCUT2D eigenvalue weighted by molar-refractivity contribution is 0.0945. The van der Waals surface area contributed by atoms with E-state index in [1.807, 2.05) is 13.8 Å². The molecule has 1 amide bonds. The Morgan fingerprint density at radius 1 is 1.38 bits per heavy atom. The molecule has 1 heterocycles. The maximum atomic E-state index is 12.1. The van der Waals surface area contributed by atoms with E-state index < -0.39 is 0 Å². The number of nitrogens with zero attached hydrogens (tertiary/aromatic N) is 2. The van der Waals surface area contributed by atoms with E-state index >= 15 is 0 Å². The smallest absolute Gasteiger partial charge is 0.258 e. The molecule has 0 saturated heterocycles. The number of aromatic nitrogens is 1. The van der Waals surface area contributed by atoms with Crippen LogP contribution in [0.3, 0.4) is 0 Å². The third kappa shape index (κ3) is 5.51. The summed E-state index contributed by atoms with van der Waals surface area (Å²) in [6, 6.07) is 0.0739. The summed E-state index contributed by atoms with van der Waals surface area (Å²) in [7, 11) is 0. The van der Waals surface area contributed by atoms with Gasteiger partial charge in [0.25, 0.3) is 5.91 Å². The molecule has 0 aliphatic rings. The first-order valence-corrected chi connectivity index (χ1v) is 8.29. The van der Waals surface area contributed by atoms with E-state index in [0.29, 0.717) is 11.4 Å². The highest BCUT2D eigenvalue weighted by Gasteiger charge is 2.19. The topological polar surface area (TPSA) is 83.3 Å². The first kappa shape index (κ1) is 17.7. The van der Waals surface area contributed by atoms with Crippen molar-refractivity contribution in [2.75, 3.05) is 37.2 Å². The number of nitrogen functional groups attached to an aromatic ring is 1. The maximum Gasteiger partial charge on any atom is 0.258 e. The van der Waals surface area contributed by atoms with Crippen molar-refractivity contribution in [3.63, 3.8) is 0 Å². The van der Waals surface area contributed by atoms with Crippen molar-refractivity contribution in [1.82, 2.24) is 14.6 Å². The Kier molecular flexibility index (Phi) is 7.45. The Balaban J connectivity index is 2.61. The Morgan fingerprint density at radius 3 is 2.67 bits per heavy atom. The van der Waals surface area contributed by atoms with Gasteiger partial charge in [0.1, 0.15) is 10.6 Å². The fourth-order valence-electron chi connectivity index (χ4n) is 2.05. The molecule has 0 aromatic carbocycles. The fraction of sp³-hybridized carbons (Fsp3) is 0.714. The van der Waals surface area contributed by atoms with Crippen LogP contribution in [0.15, 0.2) is 0 Å². The second-order valence-electron chi connectivity index (χ2n) is 5.26. The first-order chi connectivity index (χ1) is 9.99. The Bertz CT molecular complexity index is 447. The van der Waals surface area contributed by atoms with Gasteiger partial charge in [0.05, 0.1) is 0 Å². The van der Waals surface area contributed by atoms with E-state index in [0.717, 1.165) is 37.6 Å². The molecule has 0 aliphatic heterocycles. The maximum absolute atomic E-state index is 12.1. The van der Waals surface area contributed by atoms with E-state index in [2.05, 4.69) is 33.8 Å². The summed E-state index contributed by atoms with van der Waals surface area (Å²) < 4.78 is 4.08. The van der Waals surface area contributed by atoms with Gasteiger partial charge in [-0.05, 0) is 44.9 Å². The molecule has 120 valence electrons. The number of rotatable bonds is 9. The molecule has 0 unspecified atom stereocenters. The number of nitrogens with two attached hydrogens (primary N) is 1. The first-order valence-electron chi connectivity index (χ1n) is 7.51. The molecule has 1 aromatic heterocycles. The van der Waals surface area contributed by atoms with Gasteiger partial charge in [0, 0.05) is 19.1 Å². The molecule has 0 atom stereocenters. The standard InChI is InChI=1S/C14H27N5OS/c1-5-8-19(6-2)9-7-16-14-11(12(15)18-21-14)13(20)17-10(3)4/h10,16H,5-9H2,1-4H3,(H2,15,18)(H,17,20). The highest BCUT2D eigenvalue weighted by Crippen LogP contribution is 2.26. The molecule has 7 heteroatoms. The van der Waals surface area contributed by atoms with Crippen LogP contribution in [0, 0.1) is 0 Å². The van der Waals surface area contributed by atoms with Crippen LogP contribution in [0.1, 0.15) is 44.5 Å². The molecule has 0 bridgehead atoms. The van der Waals surface area contributed by atoms with Crippen molar-refractivity contribution in [1.29, 1.82) is 0 Å². The number of nitrogens with one attached hydrogen (secondary N) is 2. The van der Waals surface area contributed by atoms with E-state index in [1.165, 1.54) is 11.5 Å². The van der Waals surface area contributed by atoms with E-state index in [4.69, 9.17) is 5.73 Å². The van der Waals surface area contributed by atoms with Crippen LogP contribution in [-0.2, 0) is 0 Å². The van der Waals surface area contributed by atoms with Crippen LogP contribution in [0.5, 0.6) is 0 Å². The monoisotopic (exact) mass is 313 g/mol. The molecule has 0 aliphatic carbocycles. The van der Waals surface area contributed by atoms with Crippen molar-refractivity contribution in [3.05, 3.63) is 5.56 Å². The zero-order valence-corrected chi connectivity index (χ0v) is 14.2. The highest BCUT2D eigenvalue weighted by molar-refractivity contribution is 7.11. The second-order valence-corrected chi connectivity index (χ2v) is 6.03. The lowest BCUT2D eigenvalue weighted by Gasteiger charge is -2.19. The van der Waals surface area contributed by atoms with Gasteiger partial charge < -0.3 is 21.3 Å². The number of hydrogen-bond donors (Lipinski definition) is 3. The molecule has 4 N–H and O–H groups in total. The molecule has 0 radical (unpaired) electrons. The van der Waals surface area contributed by atoms with E-state index in [1.54, 1.807) is 0 Å². The molecule has 0 fully saturated rings. The minimum absolute atomic E-state index is 0.0739. The zero-order valence-electron chi connectivity index (χ0n) is 13.4. The largest absolute Gasteiger partial charge is 0.382 e. The number of likely N-dealkylation sites (N-methyl/N-ethyl adjacent to an activating group) is 1. The van der Waals surface area contributed by atoms with Crippen LogP contribution in [0.25, 0.3) is 0 Å². The van der Waals surface area contributed by atoms with Crippen molar-refractivity contribution in [2.24, 2.45) is 0 Å². The highest BCUT2D eigenvalue weighted by atomic mass is 32.1. The van der Waals surface area contributed by atoms with Gasteiger partial charge in [0.15, 0.2) is 5.82 Å². The zero-order chi connectivity index (χ0) is 15.8. The Hall–Kier alpha value is -1.34. The average Bonchev–Trinajstić information content (AvgIpc) is 2.78. The predicted molar refractivity (Wildman–Crippen MR) is 90.0 cm³/mol. The van der Waals surface area contributed by atoms with Crippen molar-refractivity contribution in [3.8, 4) is 0 Å². The summed E-state index contributed by atoms with van der Waals surface area (Å²) in [5.74, 6) is 0.126. The average molecular weight is 313 g/mol. The lowest BCUT2D eigenvalue weighted by atomic mass is 10.2. The van der Waals surface area contributed by atoms with Crippen molar-refractivity contribution < 1.29 is 4.79 Å². The summed E-state index contributed by atoms with van der Waals surface area (Å²) >= 11 is 1.24. The van der Waals surface area contributed by atoms with E-state index in [9.17, 15) is 4.79 Å². The van der Waals surface area contributed by atoms with Crippen LogP contribution in [0.2, 0.25) is 0 Å². The SMILES string of the molecule is CCCN(CC)CCNc1snc(N)c1C(=O)NC(C)C. The summed E-state index contributed by atoms with van der Waals surface area (Å²) in [5.41, 5.74) is 6.28. The summed E-state index contributed by atoms with van der Waals surface area (Å²) in [6.07, 6.45) is 1.14. The van der Waals surface area contributed by atoms with Gasteiger partial charge in [-0.3, -0.25) is 4.79 Å². The molecule has 1 rings (SSSR count). The van der Waals surface area contributed by atoms with Gasteiger partial charge >= 0.3 is 0 Å². The number of hydrogen-bond acceptors (Lipinski definition) is 6. The molecule has 0 spiro atoms. The minimum atomic E-state index is -0.167. The molecule has 6 nitrogen and oxygen atoms in total. The summed E-state index contributed by atoms with van der Waals surface area (Å²) in [6.45, 7) is 12.0. The lowest BCUT2D eigenvalue weighted by Crippen LogP contribution is -2.32. The third-order valence-electron chi connectivity index (χ3n) is 3.07. The molecule has 21 heavy (non-hydrogen) atoms. The van der Waals surface area contributed by atoms with Crippen LogP contribution in [-0.4, -0.2) is 47.4 Å². The van der Waals surface area contributed by atoms with Crippen molar-refractivity contribution in [2.45, 2.75) is 40.2 Å². The number of anilines is 2. The quantitative estimate of drug-likeness (QED) is 0.649. The minimum Gasteiger partial charge on any atom is -0.382 e. The number of carbonyl (C=O) groups excluding carboxylic acids is 1. The fourth-order valence-corrected chi connectivity index (χ4v) is 2.78. The Labute approximate surface area is 131 Å². The molecule has 0 saturated carbocycles. The van der Waals surface area contributed by atoms with Gasteiger partial charge in [-0.15, -0.1) is 0 Å². The van der Waals surface area contributed by atoms with Gasteiger partial charge in [-0.2, -0.15) is 4.37 Å². The molecular formula is C14H27N5OS. The number of carbonyl (C=O) groups is 1. The van der Waals surface area contributed by atoms with Crippen LogP contribution < -0.4 is 16.4 Å².